The number of guanidine groups is 1. The van der Waals surface area contributed by atoms with Gasteiger partial charge in [0.1, 0.15) is 12.4 Å². The average molecular weight is 544 g/mol. The third kappa shape index (κ3) is 6.90. The molecular weight excluding hydrogens is 520 g/mol. The van der Waals surface area contributed by atoms with Crippen LogP contribution in [0.5, 0.6) is 0 Å². The predicted octanol–water partition coefficient (Wildman–Crippen LogP) is 5.22. The first kappa shape index (κ1) is 23.5. The molecule has 1 aromatic heterocycles. The Labute approximate surface area is 198 Å². The quantitative estimate of drug-likeness (QED) is 0.244. The van der Waals surface area contributed by atoms with E-state index in [-0.39, 0.29) is 30.0 Å². The first-order valence-electron chi connectivity index (χ1n) is 9.08. The molecule has 3 rings (SSSR count). The summed E-state index contributed by atoms with van der Waals surface area (Å²) in [6, 6.07) is 15.7. The second kappa shape index (κ2) is 11.4. The van der Waals surface area contributed by atoms with Gasteiger partial charge in [0.2, 0.25) is 0 Å². The molecule has 3 N–H and O–H groups in total. The van der Waals surface area contributed by atoms with Gasteiger partial charge in [-0.05, 0) is 36.6 Å². The number of rotatable bonds is 7. The normalized spacial score (nSPS) is 12.3. The average Bonchev–Trinajstić information content (AvgIpc) is 3.13. The van der Waals surface area contributed by atoms with Gasteiger partial charge in [-0.2, -0.15) is 0 Å². The topological polar surface area (TPSA) is 68.2 Å². The van der Waals surface area contributed by atoms with Gasteiger partial charge in [0.25, 0.3) is 0 Å². The number of nitrogens with one attached hydrogen (secondary N) is 1. The molecule has 8 heteroatoms. The molecule has 0 bridgehead atoms. The van der Waals surface area contributed by atoms with Crippen LogP contribution in [0.15, 0.2) is 65.9 Å². The molecule has 5 nitrogen and oxygen atoms in total. The third-order valence-corrected chi connectivity index (χ3v) is 5.03. The molecule has 0 amide bonds. The Balaban J connectivity index is 0.00000300. The molecule has 0 spiro atoms. The standard InChI is InChI=1S/C21H23Cl2N5.HI/c1-15(18-8-7-17(22)13-19(18)23)27-21(24)26-14-20-25-10-12-28(20)11-9-16-5-3-2-4-6-16;/h2-8,10,12-13,15H,9,11,14H2,1H3,(H3,24,26,27);1H. The van der Waals surface area contributed by atoms with E-state index in [1.54, 1.807) is 18.3 Å². The summed E-state index contributed by atoms with van der Waals surface area (Å²) in [5.41, 5.74) is 8.26. The van der Waals surface area contributed by atoms with Crippen LogP contribution in [0.2, 0.25) is 10.0 Å². The lowest BCUT2D eigenvalue weighted by atomic mass is 10.1. The van der Waals surface area contributed by atoms with E-state index in [9.17, 15) is 0 Å². The van der Waals surface area contributed by atoms with E-state index in [4.69, 9.17) is 28.9 Å². The van der Waals surface area contributed by atoms with Crippen molar-refractivity contribution in [3.63, 3.8) is 0 Å². The van der Waals surface area contributed by atoms with Crippen LogP contribution < -0.4 is 11.1 Å². The highest BCUT2D eigenvalue weighted by molar-refractivity contribution is 14.0. The maximum absolute atomic E-state index is 6.25. The van der Waals surface area contributed by atoms with Crippen molar-refractivity contribution in [2.24, 2.45) is 10.7 Å². The van der Waals surface area contributed by atoms with Crippen molar-refractivity contribution in [1.29, 1.82) is 0 Å². The number of aliphatic imine (C=N–C) groups is 1. The van der Waals surface area contributed by atoms with Crippen LogP contribution in [0.4, 0.5) is 0 Å². The zero-order valence-corrected chi connectivity index (χ0v) is 19.9. The minimum atomic E-state index is -0.0913. The summed E-state index contributed by atoms with van der Waals surface area (Å²) in [6.45, 7) is 3.22. The number of aromatic nitrogens is 2. The SMILES string of the molecule is CC(NC(N)=NCc1nccn1CCc1ccccc1)c1ccc(Cl)cc1Cl.I. The van der Waals surface area contributed by atoms with Gasteiger partial charge in [0.15, 0.2) is 5.96 Å². The molecule has 3 aromatic rings. The number of imidazole rings is 1. The lowest BCUT2D eigenvalue weighted by Crippen LogP contribution is -2.34. The van der Waals surface area contributed by atoms with Crippen LogP contribution in [0.1, 0.15) is 29.9 Å². The van der Waals surface area contributed by atoms with Crippen LogP contribution in [0.25, 0.3) is 0 Å². The highest BCUT2D eigenvalue weighted by Gasteiger charge is 2.11. The number of hydrogen-bond acceptors (Lipinski definition) is 2. The molecule has 29 heavy (non-hydrogen) atoms. The van der Waals surface area contributed by atoms with Crippen molar-refractivity contribution in [3.05, 3.63) is 87.9 Å². The van der Waals surface area contributed by atoms with Gasteiger partial charge in [-0.1, -0.05) is 59.6 Å². The van der Waals surface area contributed by atoms with Crippen molar-refractivity contribution in [2.45, 2.75) is 32.5 Å². The van der Waals surface area contributed by atoms with Gasteiger partial charge in [-0.15, -0.1) is 24.0 Å². The zero-order valence-electron chi connectivity index (χ0n) is 16.1. The van der Waals surface area contributed by atoms with Gasteiger partial charge in [0.05, 0.1) is 6.04 Å². The summed E-state index contributed by atoms with van der Waals surface area (Å²) in [7, 11) is 0. The molecule has 0 saturated heterocycles. The molecule has 0 aliphatic heterocycles. The second-order valence-electron chi connectivity index (χ2n) is 6.51. The van der Waals surface area contributed by atoms with Crippen LogP contribution in [-0.2, 0) is 19.5 Å². The van der Waals surface area contributed by atoms with Gasteiger partial charge in [-0.25, -0.2) is 9.98 Å². The summed E-state index contributed by atoms with van der Waals surface area (Å²) in [4.78, 5) is 8.82. The Morgan fingerprint density at radius 2 is 1.97 bits per heavy atom. The second-order valence-corrected chi connectivity index (χ2v) is 7.35. The Morgan fingerprint density at radius 3 is 2.69 bits per heavy atom. The summed E-state index contributed by atoms with van der Waals surface area (Å²) in [5, 5.41) is 4.36. The highest BCUT2D eigenvalue weighted by Crippen LogP contribution is 2.25. The highest BCUT2D eigenvalue weighted by atomic mass is 127. The molecule has 2 aromatic carbocycles. The van der Waals surface area contributed by atoms with Crippen LogP contribution >= 0.6 is 47.2 Å². The monoisotopic (exact) mass is 543 g/mol. The summed E-state index contributed by atoms with van der Waals surface area (Å²) in [6.07, 6.45) is 4.69. The maximum atomic E-state index is 6.25. The summed E-state index contributed by atoms with van der Waals surface area (Å²) >= 11 is 12.2. The molecular formula is C21H24Cl2IN5. The largest absolute Gasteiger partial charge is 0.370 e. The van der Waals surface area contributed by atoms with E-state index < -0.39 is 0 Å². The fraction of sp³-hybridized carbons (Fsp3) is 0.238. The molecule has 1 unspecified atom stereocenters. The molecule has 0 fully saturated rings. The van der Waals surface area contributed by atoms with E-state index in [0.29, 0.717) is 22.5 Å². The fourth-order valence-electron chi connectivity index (χ4n) is 2.94. The Bertz CT molecular complexity index is 943. The molecule has 0 aliphatic rings. The van der Waals surface area contributed by atoms with E-state index in [0.717, 1.165) is 24.4 Å². The van der Waals surface area contributed by atoms with Gasteiger partial charge < -0.3 is 15.6 Å². The minimum absolute atomic E-state index is 0. The first-order valence-corrected chi connectivity index (χ1v) is 9.84. The van der Waals surface area contributed by atoms with Crippen LogP contribution in [0.3, 0.4) is 0 Å². The Morgan fingerprint density at radius 1 is 1.21 bits per heavy atom. The van der Waals surface area contributed by atoms with E-state index in [2.05, 4.69) is 44.1 Å². The number of benzene rings is 2. The van der Waals surface area contributed by atoms with E-state index in [1.807, 2.05) is 25.3 Å². The molecule has 0 aliphatic carbocycles. The first-order chi connectivity index (χ1) is 13.5. The van der Waals surface area contributed by atoms with Crippen LogP contribution in [0, 0.1) is 0 Å². The molecule has 0 radical (unpaired) electrons. The molecule has 154 valence electrons. The molecule has 1 heterocycles. The van der Waals surface area contributed by atoms with Crippen molar-refractivity contribution >= 4 is 53.1 Å². The van der Waals surface area contributed by atoms with Crippen LogP contribution in [-0.4, -0.2) is 15.5 Å². The zero-order chi connectivity index (χ0) is 19.9. The third-order valence-electron chi connectivity index (χ3n) is 4.47. The number of nitrogens with two attached hydrogens (primary N) is 1. The summed E-state index contributed by atoms with van der Waals surface area (Å²) < 4.78 is 2.10. The van der Waals surface area contributed by atoms with E-state index >= 15 is 0 Å². The van der Waals surface area contributed by atoms with Crippen molar-refractivity contribution in [1.82, 2.24) is 14.9 Å². The Hall–Kier alpha value is -1.77. The number of aryl methyl sites for hydroxylation is 2. The minimum Gasteiger partial charge on any atom is -0.370 e. The van der Waals surface area contributed by atoms with Crippen molar-refractivity contribution in [3.8, 4) is 0 Å². The van der Waals surface area contributed by atoms with Crippen molar-refractivity contribution in [2.75, 3.05) is 0 Å². The summed E-state index contributed by atoms with van der Waals surface area (Å²) in [5.74, 6) is 1.22. The van der Waals surface area contributed by atoms with Crippen molar-refractivity contribution < 1.29 is 0 Å². The number of halogens is 3. The lowest BCUT2D eigenvalue weighted by molar-refractivity contribution is 0.648. The van der Waals surface area contributed by atoms with E-state index in [1.165, 1.54) is 5.56 Å². The van der Waals surface area contributed by atoms with Gasteiger partial charge >= 0.3 is 0 Å². The lowest BCUT2D eigenvalue weighted by Gasteiger charge is -2.16. The number of hydrogen-bond donors (Lipinski definition) is 2. The maximum Gasteiger partial charge on any atom is 0.189 e. The molecule has 1 atom stereocenters. The van der Waals surface area contributed by atoms with Gasteiger partial charge in [-0.3, -0.25) is 0 Å². The smallest absolute Gasteiger partial charge is 0.189 e. The predicted molar refractivity (Wildman–Crippen MR) is 131 cm³/mol. The molecule has 0 saturated carbocycles. The van der Waals surface area contributed by atoms with Gasteiger partial charge in [0, 0.05) is 29.0 Å². The number of nitrogens with zero attached hydrogens (tertiary/aromatic N) is 3. The Kier molecular flexibility index (Phi) is 9.26. The fourth-order valence-corrected chi connectivity index (χ4v) is 3.52.